The molecule has 3 aromatic rings. The lowest BCUT2D eigenvalue weighted by atomic mass is 10.2. The molecule has 0 aliphatic carbocycles. The number of fused-ring (bicyclic) bond motifs is 1. The minimum absolute atomic E-state index is 0.0962. The monoisotopic (exact) mass is 310 g/mol. The van der Waals surface area contributed by atoms with Crippen LogP contribution < -0.4 is 5.73 Å². The molecule has 0 radical (unpaired) electrons. The molecule has 2 aromatic heterocycles. The van der Waals surface area contributed by atoms with Gasteiger partial charge in [-0.05, 0) is 24.3 Å². The van der Waals surface area contributed by atoms with Crippen molar-refractivity contribution in [1.29, 1.82) is 0 Å². The zero-order chi connectivity index (χ0) is 15.0. The lowest BCUT2D eigenvalue weighted by Crippen LogP contribution is -2.06. The van der Waals surface area contributed by atoms with Crippen molar-refractivity contribution in [1.82, 2.24) is 15.2 Å². The van der Waals surface area contributed by atoms with E-state index in [0.717, 1.165) is 17.8 Å². The maximum atomic E-state index is 12.9. The first-order chi connectivity index (χ1) is 9.95. The lowest BCUT2D eigenvalue weighted by molar-refractivity contribution is -0.139. The van der Waals surface area contributed by atoms with Crippen LogP contribution in [0, 0.1) is 0 Å². The van der Waals surface area contributed by atoms with Crippen LogP contribution in [0.25, 0.3) is 11.0 Å². The fourth-order valence-corrected chi connectivity index (χ4v) is 2.80. The molecule has 4 nitrogen and oxygen atoms in total. The summed E-state index contributed by atoms with van der Waals surface area (Å²) < 4.78 is 38.8. The highest BCUT2D eigenvalue weighted by Gasteiger charge is 2.33. The van der Waals surface area contributed by atoms with Gasteiger partial charge < -0.3 is 5.73 Å². The quantitative estimate of drug-likeness (QED) is 0.757. The fraction of sp³-hybridized carbons (Fsp3) is 0.0769. The van der Waals surface area contributed by atoms with Crippen LogP contribution in [0.15, 0.2) is 46.3 Å². The number of anilines is 1. The second-order valence-electron chi connectivity index (χ2n) is 4.25. The number of rotatable bonds is 2. The highest BCUT2D eigenvalue weighted by Crippen LogP contribution is 2.39. The van der Waals surface area contributed by atoms with E-state index in [0.29, 0.717) is 16.1 Å². The smallest absolute Gasteiger partial charge is 0.380 e. The van der Waals surface area contributed by atoms with Gasteiger partial charge in [0.25, 0.3) is 0 Å². The molecule has 0 aliphatic rings. The molecule has 0 aliphatic heterocycles. The SMILES string of the molecule is Nc1n[nH]c2ccc(Sc3ccccc3C(F)(F)F)nc12. The van der Waals surface area contributed by atoms with E-state index in [1.54, 1.807) is 18.2 Å². The predicted molar refractivity (Wildman–Crippen MR) is 73.9 cm³/mol. The summed E-state index contributed by atoms with van der Waals surface area (Å²) >= 11 is 0.940. The second-order valence-corrected chi connectivity index (χ2v) is 5.31. The van der Waals surface area contributed by atoms with Crippen molar-refractivity contribution in [3.63, 3.8) is 0 Å². The zero-order valence-electron chi connectivity index (χ0n) is 10.5. The van der Waals surface area contributed by atoms with Gasteiger partial charge in [0.1, 0.15) is 10.5 Å². The van der Waals surface area contributed by atoms with Gasteiger partial charge in [-0.15, -0.1) is 0 Å². The van der Waals surface area contributed by atoms with Crippen LogP contribution in [0.4, 0.5) is 19.0 Å². The number of halogens is 3. The van der Waals surface area contributed by atoms with E-state index >= 15 is 0 Å². The summed E-state index contributed by atoms with van der Waals surface area (Å²) in [6, 6.07) is 8.69. The molecule has 1 aromatic carbocycles. The standard InChI is InChI=1S/C13H9F3N4S/c14-13(15,16)7-3-1-2-4-9(7)21-10-6-5-8-11(18-10)12(17)20-19-8/h1-6H,(H3,17,19,20). The van der Waals surface area contributed by atoms with E-state index in [9.17, 15) is 13.2 Å². The molecule has 0 spiro atoms. The summed E-state index contributed by atoms with van der Waals surface area (Å²) in [4.78, 5) is 4.33. The topological polar surface area (TPSA) is 67.6 Å². The predicted octanol–water partition coefficient (Wildman–Crippen LogP) is 3.71. The summed E-state index contributed by atoms with van der Waals surface area (Å²) in [6.07, 6.45) is -4.40. The Hall–Kier alpha value is -2.22. The Bertz CT molecular complexity index is 797. The Morgan fingerprint density at radius 3 is 2.62 bits per heavy atom. The van der Waals surface area contributed by atoms with Gasteiger partial charge in [0.15, 0.2) is 5.82 Å². The van der Waals surface area contributed by atoms with Gasteiger partial charge in [-0.25, -0.2) is 4.98 Å². The molecular weight excluding hydrogens is 301 g/mol. The molecule has 0 fully saturated rings. The maximum Gasteiger partial charge on any atom is 0.417 e. The molecule has 108 valence electrons. The molecule has 2 heterocycles. The molecule has 0 bridgehead atoms. The largest absolute Gasteiger partial charge is 0.417 e. The number of nitrogen functional groups attached to an aromatic ring is 1. The molecule has 3 rings (SSSR count). The van der Waals surface area contributed by atoms with Crippen LogP contribution >= 0.6 is 11.8 Å². The molecule has 0 saturated carbocycles. The number of benzene rings is 1. The maximum absolute atomic E-state index is 12.9. The third-order valence-corrected chi connectivity index (χ3v) is 3.83. The van der Waals surface area contributed by atoms with Crippen molar-refractivity contribution in [3.05, 3.63) is 42.0 Å². The van der Waals surface area contributed by atoms with Crippen LogP contribution in [0.2, 0.25) is 0 Å². The summed E-state index contributed by atoms with van der Waals surface area (Å²) in [6.45, 7) is 0. The number of nitrogens with one attached hydrogen (secondary N) is 1. The van der Waals surface area contributed by atoms with E-state index in [2.05, 4.69) is 15.2 Å². The van der Waals surface area contributed by atoms with E-state index in [1.165, 1.54) is 12.1 Å². The van der Waals surface area contributed by atoms with Gasteiger partial charge in [0.2, 0.25) is 0 Å². The third kappa shape index (κ3) is 2.66. The second kappa shape index (κ2) is 4.96. The van der Waals surface area contributed by atoms with E-state index in [1.807, 2.05) is 0 Å². The Kier molecular flexibility index (Phi) is 3.25. The number of H-pyrrole nitrogens is 1. The Morgan fingerprint density at radius 1 is 1.10 bits per heavy atom. The molecule has 0 amide bonds. The number of pyridine rings is 1. The minimum Gasteiger partial charge on any atom is -0.380 e. The number of aromatic amines is 1. The van der Waals surface area contributed by atoms with Gasteiger partial charge in [-0.2, -0.15) is 18.3 Å². The fourth-order valence-electron chi connectivity index (χ4n) is 1.86. The van der Waals surface area contributed by atoms with Crippen LogP contribution in [0.5, 0.6) is 0 Å². The summed E-state index contributed by atoms with van der Waals surface area (Å²) in [5.74, 6) is 0.219. The van der Waals surface area contributed by atoms with Gasteiger partial charge >= 0.3 is 6.18 Å². The minimum atomic E-state index is -4.40. The molecular formula is C13H9F3N4S. The van der Waals surface area contributed by atoms with Crippen molar-refractivity contribution in [3.8, 4) is 0 Å². The summed E-state index contributed by atoms with van der Waals surface area (Å²) in [5.41, 5.74) is 6.05. The van der Waals surface area contributed by atoms with Crippen LogP contribution in [-0.4, -0.2) is 15.2 Å². The lowest BCUT2D eigenvalue weighted by Gasteiger charge is -2.11. The normalized spacial score (nSPS) is 12.0. The van der Waals surface area contributed by atoms with Crippen molar-refractivity contribution >= 4 is 28.6 Å². The highest BCUT2D eigenvalue weighted by molar-refractivity contribution is 7.99. The van der Waals surface area contributed by atoms with E-state index in [-0.39, 0.29) is 10.7 Å². The number of aromatic nitrogens is 3. The van der Waals surface area contributed by atoms with Crippen LogP contribution in [0.1, 0.15) is 5.56 Å². The number of nitrogens with zero attached hydrogens (tertiary/aromatic N) is 2. The van der Waals surface area contributed by atoms with Crippen LogP contribution in [0.3, 0.4) is 0 Å². The van der Waals surface area contributed by atoms with Crippen molar-refractivity contribution in [2.75, 3.05) is 5.73 Å². The molecule has 21 heavy (non-hydrogen) atoms. The Labute approximate surface area is 121 Å². The first kappa shape index (κ1) is 13.7. The molecule has 0 unspecified atom stereocenters. The van der Waals surface area contributed by atoms with Crippen molar-refractivity contribution in [2.45, 2.75) is 16.1 Å². The molecule has 0 atom stereocenters. The number of nitrogens with two attached hydrogens (primary N) is 1. The third-order valence-electron chi connectivity index (χ3n) is 2.82. The van der Waals surface area contributed by atoms with E-state index in [4.69, 9.17) is 5.73 Å². The first-order valence-corrected chi connectivity index (χ1v) is 6.71. The summed E-state index contributed by atoms with van der Waals surface area (Å²) in [5, 5.41) is 6.91. The Balaban J connectivity index is 2.01. The average molecular weight is 310 g/mol. The van der Waals surface area contributed by atoms with E-state index < -0.39 is 11.7 Å². The van der Waals surface area contributed by atoms with Gasteiger partial charge in [-0.3, -0.25) is 5.10 Å². The van der Waals surface area contributed by atoms with Crippen molar-refractivity contribution in [2.24, 2.45) is 0 Å². The molecule has 8 heteroatoms. The van der Waals surface area contributed by atoms with Gasteiger partial charge in [-0.1, -0.05) is 23.9 Å². The highest BCUT2D eigenvalue weighted by atomic mass is 32.2. The average Bonchev–Trinajstić information content (AvgIpc) is 2.80. The van der Waals surface area contributed by atoms with Gasteiger partial charge in [0.05, 0.1) is 11.1 Å². The number of hydrogen-bond donors (Lipinski definition) is 2. The molecule has 0 saturated heterocycles. The van der Waals surface area contributed by atoms with Crippen LogP contribution in [-0.2, 0) is 6.18 Å². The number of alkyl halides is 3. The molecule has 3 N–H and O–H groups in total. The zero-order valence-corrected chi connectivity index (χ0v) is 11.3. The van der Waals surface area contributed by atoms with Crippen molar-refractivity contribution < 1.29 is 13.2 Å². The summed E-state index contributed by atoms with van der Waals surface area (Å²) in [7, 11) is 0. The Morgan fingerprint density at radius 2 is 1.86 bits per heavy atom. The number of hydrogen-bond acceptors (Lipinski definition) is 4. The first-order valence-electron chi connectivity index (χ1n) is 5.90. The van der Waals surface area contributed by atoms with Gasteiger partial charge in [0, 0.05) is 4.90 Å².